The molecule has 0 spiro atoms. The minimum atomic E-state index is -0.303. The molecule has 1 fully saturated rings. The number of hydrogen-bond donors (Lipinski definition) is 2. The predicted molar refractivity (Wildman–Crippen MR) is 76.2 cm³/mol. The zero-order chi connectivity index (χ0) is 14.2. The van der Waals surface area contributed by atoms with Crippen molar-refractivity contribution < 1.29 is 4.79 Å². The Labute approximate surface area is 124 Å². The van der Waals surface area contributed by atoms with E-state index in [-0.39, 0.29) is 17.3 Å². The third kappa shape index (κ3) is 2.40. The molecule has 1 saturated carbocycles. The van der Waals surface area contributed by atoms with E-state index in [1.54, 1.807) is 12.4 Å². The van der Waals surface area contributed by atoms with Crippen LogP contribution in [0.4, 0.5) is 0 Å². The van der Waals surface area contributed by atoms with Crippen molar-refractivity contribution in [2.75, 3.05) is 6.54 Å². The van der Waals surface area contributed by atoms with Gasteiger partial charge in [0.2, 0.25) is 5.82 Å². The van der Waals surface area contributed by atoms with Crippen molar-refractivity contribution >= 4 is 27.6 Å². The van der Waals surface area contributed by atoms with Gasteiger partial charge in [0, 0.05) is 18.9 Å². The molecule has 1 aliphatic rings. The lowest BCUT2D eigenvalue weighted by Gasteiger charge is -2.27. The summed E-state index contributed by atoms with van der Waals surface area (Å²) in [7, 11) is 0. The van der Waals surface area contributed by atoms with Crippen LogP contribution in [0.1, 0.15) is 36.3 Å². The molecule has 0 aromatic carbocycles. The first-order chi connectivity index (χ1) is 9.62. The highest BCUT2D eigenvalue weighted by Crippen LogP contribution is 2.28. The van der Waals surface area contributed by atoms with Crippen LogP contribution in [-0.4, -0.2) is 37.6 Å². The molecule has 0 radical (unpaired) electrons. The van der Waals surface area contributed by atoms with Gasteiger partial charge in [-0.05, 0) is 28.8 Å². The third-order valence-corrected chi connectivity index (χ3v) is 4.10. The second-order valence-corrected chi connectivity index (χ2v) is 6.01. The number of hydrogen-bond acceptors (Lipinski definition) is 5. The van der Waals surface area contributed by atoms with E-state index in [9.17, 15) is 4.79 Å². The Morgan fingerprint density at radius 3 is 2.95 bits per heavy atom. The van der Waals surface area contributed by atoms with E-state index in [1.807, 2.05) is 0 Å². The van der Waals surface area contributed by atoms with Crippen LogP contribution in [0.25, 0.3) is 5.78 Å². The number of amides is 1. The van der Waals surface area contributed by atoms with Gasteiger partial charge in [0.15, 0.2) is 0 Å². The zero-order valence-corrected chi connectivity index (χ0v) is 12.4. The van der Waals surface area contributed by atoms with Crippen molar-refractivity contribution in [1.29, 1.82) is 0 Å². The van der Waals surface area contributed by atoms with Crippen LogP contribution in [0.15, 0.2) is 16.9 Å². The standard InChI is InChI=1S/C12H15BrN6O/c13-8-5-15-11-16-9(18-19(11)6-8)10(20)17-12(7-14)3-1-2-4-12/h5-6H,1-4,7,14H2,(H,17,20). The molecule has 0 unspecified atom stereocenters. The van der Waals surface area contributed by atoms with E-state index in [0.717, 1.165) is 30.2 Å². The Balaban J connectivity index is 1.85. The van der Waals surface area contributed by atoms with E-state index >= 15 is 0 Å². The molecule has 3 N–H and O–H groups in total. The molecule has 2 aromatic heterocycles. The summed E-state index contributed by atoms with van der Waals surface area (Å²) in [6.07, 6.45) is 7.32. The maximum atomic E-state index is 12.3. The van der Waals surface area contributed by atoms with Crippen molar-refractivity contribution in [3.8, 4) is 0 Å². The molecule has 2 heterocycles. The van der Waals surface area contributed by atoms with Gasteiger partial charge in [0.05, 0.1) is 10.0 Å². The van der Waals surface area contributed by atoms with Gasteiger partial charge >= 0.3 is 0 Å². The number of nitrogens with zero attached hydrogens (tertiary/aromatic N) is 4. The summed E-state index contributed by atoms with van der Waals surface area (Å²) in [6, 6.07) is 0. The molecule has 1 aliphatic carbocycles. The van der Waals surface area contributed by atoms with Gasteiger partial charge in [-0.15, -0.1) is 5.10 Å². The molecule has 8 heteroatoms. The van der Waals surface area contributed by atoms with Crippen molar-refractivity contribution in [2.24, 2.45) is 5.73 Å². The maximum absolute atomic E-state index is 12.3. The summed E-state index contributed by atoms with van der Waals surface area (Å²) in [4.78, 5) is 20.5. The Bertz CT molecular complexity index is 648. The Morgan fingerprint density at radius 2 is 2.25 bits per heavy atom. The lowest BCUT2D eigenvalue weighted by atomic mass is 9.98. The highest BCUT2D eigenvalue weighted by Gasteiger charge is 2.35. The first-order valence-electron chi connectivity index (χ1n) is 6.52. The quantitative estimate of drug-likeness (QED) is 0.865. The molecule has 106 valence electrons. The largest absolute Gasteiger partial charge is 0.343 e. The zero-order valence-electron chi connectivity index (χ0n) is 10.8. The Hall–Kier alpha value is -1.54. The van der Waals surface area contributed by atoms with Crippen LogP contribution in [0, 0.1) is 0 Å². The first kappa shape index (κ1) is 13.4. The smallest absolute Gasteiger partial charge is 0.291 e. The Kier molecular flexibility index (Phi) is 3.43. The molecular weight excluding hydrogens is 324 g/mol. The van der Waals surface area contributed by atoms with Gasteiger partial charge < -0.3 is 11.1 Å². The second-order valence-electron chi connectivity index (χ2n) is 5.10. The summed E-state index contributed by atoms with van der Waals surface area (Å²) in [6.45, 7) is 0.440. The number of nitrogens with two attached hydrogens (primary N) is 1. The Morgan fingerprint density at radius 1 is 1.50 bits per heavy atom. The monoisotopic (exact) mass is 338 g/mol. The fourth-order valence-electron chi connectivity index (χ4n) is 2.58. The average molecular weight is 339 g/mol. The SMILES string of the molecule is NCC1(NC(=O)c2nc3ncc(Br)cn3n2)CCCC1. The van der Waals surface area contributed by atoms with Crippen LogP contribution >= 0.6 is 15.9 Å². The lowest BCUT2D eigenvalue weighted by Crippen LogP contribution is -2.51. The van der Waals surface area contributed by atoms with Crippen molar-refractivity contribution in [1.82, 2.24) is 24.9 Å². The molecule has 1 amide bonds. The minimum Gasteiger partial charge on any atom is -0.343 e. The van der Waals surface area contributed by atoms with Gasteiger partial charge in [0.1, 0.15) is 0 Å². The number of fused-ring (bicyclic) bond motifs is 1. The predicted octanol–water partition coefficient (Wildman–Crippen LogP) is 0.888. The van der Waals surface area contributed by atoms with E-state index in [2.05, 4.69) is 36.3 Å². The van der Waals surface area contributed by atoms with Crippen LogP contribution in [0.2, 0.25) is 0 Å². The highest BCUT2D eigenvalue weighted by atomic mass is 79.9. The summed E-state index contributed by atoms with van der Waals surface area (Å²) in [5, 5.41) is 7.13. The third-order valence-electron chi connectivity index (χ3n) is 3.70. The molecule has 2 aromatic rings. The van der Waals surface area contributed by atoms with E-state index < -0.39 is 0 Å². The van der Waals surface area contributed by atoms with Crippen LogP contribution in [-0.2, 0) is 0 Å². The topological polar surface area (TPSA) is 98.2 Å². The molecule has 0 bridgehead atoms. The number of rotatable bonds is 3. The molecule has 7 nitrogen and oxygen atoms in total. The van der Waals surface area contributed by atoms with Crippen LogP contribution < -0.4 is 11.1 Å². The number of halogens is 1. The average Bonchev–Trinajstić information content (AvgIpc) is 3.05. The number of carbonyl (C=O) groups is 1. The summed E-state index contributed by atoms with van der Waals surface area (Å²) in [5.41, 5.74) is 5.51. The normalized spacial score (nSPS) is 17.5. The number of carbonyl (C=O) groups excluding carboxylic acids is 1. The first-order valence-corrected chi connectivity index (χ1v) is 7.32. The summed E-state index contributed by atoms with van der Waals surface area (Å²) >= 11 is 3.30. The van der Waals surface area contributed by atoms with Gasteiger partial charge in [0.25, 0.3) is 11.7 Å². The molecular formula is C12H15BrN6O. The van der Waals surface area contributed by atoms with Gasteiger partial charge in [-0.1, -0.05) is 12.8 Å². The molecule has 0 atom stereocenters. The van der Waals surface area contributed by atoms with Crippen LogP contribution in [0.5, 0.6) is 0 Å². The summed E-state index contributed by atoms with van der Waals surface area (Å²) < 4.78 is 2.25. The number of aromatic nitrogens is 4. The fourth-order valence-corrected chi connectivity index (χ4v) is 2.88. The molecule has 20 heavy (non-hydrogen) atoms. The van der Waals surface area contributed by atoms with Gasteiger partial charge in [-0.3, -0.25) is 4.79 Å². The molecule has 3 rings (SSSR count). The van der Waals surface area contributed by atoms with Crippen molar-refractivity contribution in [3.05, 3.63) is 22.7 Å². The van der Waals surface area contributed by atoms with Gasteiger partial charge in [-0.2, -0.15) is 4.98 Å². The highest BCUT2D eigenvalue weighted by molar-refractivity contribution is 9.10. The summed E-state index contributed by atoms with van der Waals surface area (Å²) in [5.74, 6) is 0.223. The lowest BCUT2D eigenvalue weighted by molar-refractivity contribution is 0.0892. The molecule has 0 saturated heterocycles. The van der Waals surface area contributed by atoms with Crippen molar-refractivity contribution in [2.45, 2.75) is 31.2 Å². The van der Waals surface area contributed by atoms with Gasteiger partial charge in [-0.25, -0.2) is 9.50 Å². The minimum absolute atomic E-state index is 0.121. The second kappa shape index (κ2) is 5.10. The van der Waals surface area contributed by atoms with Crippen LogP contribution in [0.3, 0.4) is 0 Å². The fraction of sp³-hybridized carbons (Fsp3) is 0.500. The maximum Gasteiger partial charge on any atom is 0.291 e. The van der Waals surface area contributed by atoms with Crippen molar-refractivity contribution in [3.63, 3.8) is 0 Å². The van der Waals surface area contributed by atoms with E-state index in [0.29, 0.717) is 12.3 Å². The van der Waals surface area contributed by atoms with E-state index in [1.165, 1.54) is 4.52 Å². The molecule has 0 aliphatic heterocycles. The number of nitrogens with one attached hydrogen (secondary N) is 1. The van der Waals surface area contributed by atoms with E-state index in [4.69, 9.17) is 5.73 Å².